The minimum atomic E-state index is -0.364. The van der Waals surface area contributed by atoms with E-state index >= 15 is 0 Å². The monoisotopic (exact) mass is 325 g/mol. The summed E-state index contributed by atoms with van der Waals surface area (Å²) in [6.45, 7) is 2.12. The Balaban J connectivity index is 1.70. The lowest BCUT2D eigenvalue weighted by Crippen LogP contribution is -2.26. The summed E-state index contributed by atoms with van der Waals surface area (Å²) in [5.74, 6) is -0.172. The average Bonchev–Trinajstić information content (AvgIpc) is 2.58. The molecule has 1 fully saturated rings. The predicted molar refractivity (Wildman–Crippen MR) is 93.3 cm³/mol. The predicted octanol–water partition coefficient (Wildman–Crippen LogP) is 3.58. The van der Waals surface area contributed by atoms with E-state index in [0.29, 0.717) is 11.4 Å². The van der Waals surface area contributed by atoms with E-state index in [0.717, 1.165) is 31.6 Å². The number of likely N-dealkylation sites (tertiary alicyclic amines) is 1. The summed E-state index contributed by atoms with van der Waals surface area (Å²) >= 11 is 0. The van der Waals surface area contributed by atoms with Crippen molar-refractivity contribution in [1.29, 1.82) is 0 Å². The largest absolute Gasteiger partial charge is 0.307 e. The summed E-state index contributed by atoms with van der Waals surface area (Å²) in [5.41, 5.74) is 2.62. The molecule has 1 saturated heterocycles. The first-order valence-corrected chi connectivity index (χ1v) is 8.02. The van der Waals surface area contributed by atoms with Crippen LogP contribution in [0, 0.1) is 5.82 Å². The number of nitrogens with one attached hydrogen (secondary N) is 1. The molecule has 1 aliphatic rings. The van der Waals surface area contributed by atoms with Gasteiger partial charge in [0, 0.05) is 18.7 Å². The van der Waals surface area contributed by atoms with Crippen LogP contribution in [-0.2, 0) is 0 Å². The number of amides is 1. The molecule has 0 aliphatic carbocycles. The maximum absolute atomic E-state index is 12.9. The summed E-state index contributed by atoms with van der Waals surface area (Å²) < 4.78 is 12.9. The number of anilines is 1. The van der Waals surface area contributed by atoms with E-state index in [1.54, 1.807) is 6.07 Å². The molecular formula is C19H20FN3O. The Labute approximate surface area is 141 Å². The van der Waals surface area contributed by atoms with E-state index in [1.807, 2.05) is 12.1 Å². The summed E-state index contributed by atoms with van der Waals surface area (Å²) in [6, 6.07) is 11.0. The molecule has 5 heteroatoms. The second-order valence-corrected chi connectivity index (χ2v) is 6.01. The molecule has 24 heavy (non-hydrogen) atoms. The number of pyridine rings is 1. The number of carbonyl (C=O) groups is 1. The van der Waals surface area contributed by atoms with Gasteiger partial charge in [0.05, 0.1) is 5.69 Å². The van der Waals surface area contributed by atoms with Gasteiger partial charge in [-0.1, -0.05) is 11.6 Å². The number of rotatable bonds is 3. The fourth-order valence-electron chi connectivity index (χ4n) is 2.65. The number of hydrogen-bond donors (Lipinski definition) is 1. The second-order valence-electron chi connectivity index (χ2n) is 6.01. The summed E-state index contributed by atoms with van der Waals surface area (Å²) in [6.07, 6.45) is 4.19. The van der Waals surface area contributed by atoms with Gasteiger partial charge in [-0.15, -0.1) is 0 Å². The molecule has 0 atom stereocenters. The van der Waals surface area contributed by atoms with Gasteiger partial charge in [0.15, 0.2) is 0 Å². The lowest BCUT2D eigenvalue weighted by atomic mass is 10.0. The number of carbonyl (C=O) groups excluding carboxylic acids is 1. The van der Waals surface area contributed by atoms with Gasteiger partial charge in [-0.05, 0) is 62.4 Å². The van der Waals surface area contributed by atoms with Gasteiger partial charge in [-0.3, -0.25) is 4.79 Å². The van der Waals surface area contributed by atoms with Gasteiger partial charge >= 0.3 is 0 Å². The van der Waals surface area contributed by atoms with Gasteiger partial charge in [-0.25, -0.2) is 9.37 Å². The highest BCUT2D eigenvalue weighted by Crippen LogP contribution is 2.18. The molecular weight excluding hydrogens is 305 g/mol. The molecule has 0 radical (unpaired) electrons. The Hall–Kier alpha value is -2.53. The van der Waals surface area contributed by atoms with Crippen LogP contribution in [-0.4, -0.2) is 35.9 Å². The molecule has 124 valence electrons. The van der Waals surface area contributed by atoms with Crippen molar-refractivity contribution < 1.29 is 9.18 Å². The topological polar surface area (TPSA) is 45.2 Å². The number of benzene rings is 1. The van der Waals surface area contributed by atoms with Gasteiger partial charge in [-0.2, -0.15) is 0 Å². The van der Waals surface area contributed by atoms with Crippen LogP contribution in [0.1, 0.15) is 28.9 Å². The van der Waals surface area contributed by atoms with Crippen molar-refractivity contribution in [3.05, 3.63) is 65.1 Å². The lowest BCUT2D eigenvalue weighted by molar-refractivity contribution is 0.102. The number of piperidine rings is 1. The quantitative estimate of drug-likeness (QED) is 0.938. The second kappa shape index (κ2) is 7.36. The highest BCUT2D eigenvalue weighted by atomic mass is 19.1. The zero-order valence-electron chi connectivity index (χ0n) is 13.6. The molecule has 2 aromatic rings. The fraction of sp³-hybridized carbons (Fsp3) is 0.263. The zero-order valence-corrected chi connectivity index (χ0v) is 13.6. The number of halogens is 1. The SMILES string of the molecule is CN1CCC(=Cc2cccc(NC(=O)c3ccc(F)cc3)n2)CC1. The third-order valence-corrected chi connectivity index (χ3v) is 4.10. The van der Waals surface area contributed by atoms with Gasteiger partial charge in [0.1, 0.15) is 11.6 Å². The minimum Gasteiger partial charge on any atom is -0.307 e. The Bertz CT molecular complexity index is 745. The molecule has 1 N–H and O–H groups in total. The highest BCUT2D eigenvalue weighted by Gasteiger charge is 2.11. The molecule has 0 saturated carbocycles. The lowest BCUT2D eigenvalue weighted by Gasteiger charge is -2.23. The van der Waals surface area contributed by atoms with Crippen molar-refractivity contribution in [1.82, 2.24) is 9.88 Å². The molecule has 1 aromatic carbocycles. The molecule has 0 unspecified atom stereocenters. The molecule has 0 bridgehead atoms. The van der Waals surface area contributed by atoms with Crippen LogP contribution in [0.4, 0.5) is 10.2 Å². The Morgan fingerprint density at radius 2 is 1.88 bits per heavy atom. The molecule has 1 aliphatic heterocycles. The standard InChI is InChI=1S/C19H20FN3O/c1-23-11-9-14(10-12-23)13-17-3-2-4-18(21-17)22-19(24)15-5-7-16(20)8-6-15/h2-8,13H,9-12H2,1H3,(H,21,22,24). The third kappa shape index (κ3) is 4.26. The van der Waals surface area contributed by atoms with Crippen molar-refractivity contribution in [3.8, 4) is 0 Å². The van der Waals surface area contributed by atoms with Crippen molar-refractivity contribution in [3.63, 3.8) is 0 Å². The van der Waals surface area contributed by atoms with E-state index in [2.05, 4.69) is 28.3 Å². The first-order chi connectivity index (χ1) is 11.6. The molecule has 1 amide bonds. The minimum absolute atomic E-state index is 0.299. The van der Waals surface area contributed by atoms with Crippen molar-refractivity contribution in [2.24, 2.45) is 0 Å². The first-order valence-electron chi connectivity index (χ1n) is 8.02. The van der Waals surface area contributed by atoms with Gasteiger partial charge in [0.25, 0.3) is 5.91 Å². The molecule has 1 aromatic heterocycles. The first kappa shape index (κ1) is 16.3. The molecule has 4 nitrogen and oxygen atoms in total. The summed E-state index contributed by atoms with van der Waals surface area (Å²) in [5, 5.41) is 2.75. The summed E-state index contributed by atoms with van der Waals surface area (Å²) in [4.78, 5) is 19.0. The van der Waals surface area contributed by atoms with Crippen LogP contribution in [0.25, 0.3) is 6.08 Å². The maximum Gasteiger partial charge on any atom is 0.256 e. The fourth-order valence-corrected chi connectivity index (χ4v) is 2.65. The molecule has 0 spiro atoms. The number of hydrogen-bond acceptors (Lipinski definition) is 3. The zero-order chi connectivity index (χ0) is 16.9. The number of nitrogens with zero attached hydrogens (tertiary/aromatic N) is 2. The van der Waals surface area contributed by atoms with E-state index < -0.39 is 0 Å². The summed E-state index contributed by atoms with van der Waals surface area (Å²) in [7, 11) is 2.13. The Morgan fingerprint density at radius 3 is 2.58 bits per heavy atom. The van der Waals surface area contributed by atoms with Gasteiger partial charge < -0.3 is 10.2 Å². The van der Waals surface area contributed by atoms with Crippen molar-refractivity contribution >= 4 is 17.8 Å². The van der Waals surface area contributed by atoms with Crippen molar-refractivity contribution in [2.45, 2.75) is 12.8 Å². The van der Waals surface area contributed by atoms with Crippen LogP contribution in [0.2, 0.25) is 0 Å². The van der Waals surface area contributed by atoms with Crippen LogP contribution in [0.5, 0.6) is 0 Å². The maximum atomic E-state index is 12.9. The normalized spacial score (nSPS) is 15.2. The third-order valence-electron chi connectivity index (χ3n) is 4.10. The smallest absolute Gasteiger partial charge is 0.256 e. The van der Waals surface area contributed by atoms with E-state index in [4.69, 9.17) is 0 Å². The Morgan fingerprint density at radius 1 is 1.17 bits per heavy atom. The van der Waals surface area contributed by atoms with E-state index in [-0.39, 0.29) is 11.7 Å². The molecule has 2 heterocycles. The van der Waals surface area contributed by atoms with Crippen LogP contribution in [0.15, 0.2) is 48.0 Å². The van der Waals surface area contributed by atoms with Crippen LogP contribution >= 0.6 is 0 Å². The van der Waals surface area contributed by atoms with Crippen LogP contribution in [0.3, 0.4) is 0 Å². The van der Waals surface area contributed by atoms with Crippen molar-refractivity contribution in [2.75, 3.05) is 25.5 Å². The Kier molecular flexibility index (Phi) is 5.01. The van der Waals surface area contributed by atoms with Crippen LogP contribution < -0.4 is 5.32 Å². The number of aromatic nitrogens is 1. The van der Waals surface area contributed by atoms with E-state index in [1.165, 1.54) is 29.8 Å². The van der Waals surface area contributed by atoms with E-state index in [9.17, 15) is 9.18 Å². The molecule has 3 rings (SSSR count). The highest BCUT2D eigenvalue weighted by molar-refractivity contribution is 6.03. The van der Waals surface area contributed by atoms with Gasteiger partial charge in [0.2, 0.25) is 0 Å². The average molecular weight is 325 g/mol.